The van der Waals surface area contributed by atoms with Gasteiger partial charge in [-0.05, 0) is 60.2 Å². The van der Waals surface area contributed by atoms with Crippen LogP contribution in [-0.4, -0.2) is 62.2 Å². The van der Waals surface area contributed by atoms with E-state index in [9.17, 15) is 14.7 Å². The van der Waals surface area contributed by atoms with Gasteiger partial charge in [-0.3, -0.25) is 9.69 Å². The molecule has 1 N–H and O–H groups in total. The van der Waals surface area contributed by atoms with Crippen LogP contribution >= 0.6 is 0 Å². The van der Waals surface area contributed by atoms with Crippen molar-refractivity contribution in [2.45, 2.75) is 6.54 Å². The van der Waals surface area contributed by atoms with Crippen molar-refractivity contribution >= 4 is 23.5 Å². The summed E-state index contributed by atoms with van der Waals surface area (Å²) >= 11 is 0. The van der Waals surface area contributed by atoms with E-state index in [0.717, 1.165) is 37.6 Å². The minimum atomic E-state index is -0.426. The molecule has 2 aliphatic heterocycles. The maximum absolute atomic E-state index is 13.0. The number of esters is 1. The van der Waals surface area contributed by atoms with E-state index in [0.29, 0.717) is 34.5 Å². The first-order valence-electron chi connectivity index (χ1n) is 12.1. The summed E-state index contributed by atoms with van der Waals surface area (Å²) in [6.07, 6.45) is 1.64. The third-order valence-electron chi connectivity index (χ3n) is 6.74. The molecular weight excluding hydrogens is 472 g/mol. The number of hydrogen-bond donors (Lipinski definition) is 1. The predicted octanol–water partition coefficient (Wildman–Crippen LogP) is 4.13. The molecule has 0 spiro atoms. The van der Waals surface area contributed by atoms with Crippen LogP contribution in [0.2, 0.25) is 0 Å². The van der Waals surface area contributed by atoms with E-state index in [1.807, 2.05) is 12.1 Å². The molecule has 0 unspecified atom stereocenters. The van der Waals surface area contributed by atoms with Crippen LogP contribution in [0.15, 0.2) is 66.4 Å². The maximum atomic E-state index is 13.0. The Morgan fingerprint density at radius 3 is 2.32 bits per heavy atom. The summed E-state index contributed by atoms with van der Waals surface area (Å²) in [4.78, 5) is 29.3. The molecule has 0 aromatic heterocycles. The highest BCUT2D eigenvalue weighted by Crippen LogP contribution is 2.40. The van der Waals surface area contributed by atoms with Crippen molar-refractivity contribution in [1.82, 2.24) is 4.90 Å². The summed E-state index contributed by atoms with van der Waals surface area (Å²) in [6.45, 7) is 3.76. The molecule has 0 aliphatic carbocycles. The predicted molar refractivity (Wildman–Crippen MR) is 139 cm³/mol. The van der Waals surface area contributed by atoms with Crippen LogP contribution in [0.5, 0.6) is 17.2 Å². The number of phenols is 1. The number of allylic oxidation sites excluding steroid dienone is 1. The normalized spacial score (nSPS) is 16.4. The van der Waals surface area contributed by atoms with Crippen molar-refractivity contribution in [2.75, 3.05) is 45.3 Å². The van der Waals surface area contributed by atoms with Gasteiger partial charge >= 0.3 is 5.97 Å². The molecule has 0 radical (unpaired) electrons. The number of ketones is 1. The van der Waals surface area contributed by atoms with E-state index in [4.69, 9.17) is 14.2 Å². The zero-order valence-corrected chi connectivity index (χ0v) is 20.8. The highest BCUT2D eigenvalue weighted by molar-refractivity contribution is 6.15. The highest BCUT2D eigenvalue weighted by Gasteiger charge is 2.32. The van der Waals surface area contributed by atoms with Crippen LogP contribution in [0.25, 0.3) is 6.08 Å². The van der Waals surface area contributed by atoms with Crippen LogP contribution in [0.1, 0.15) is 31.8 Å². The average molecular weight is 501 g/mol. The van der Waals surface area contributed by atoms with Crippen LogP contribution in [0.3, 0.4) is 0 Å². The fourth-order valence-corrected chi connectivity index (χ4v) is 4.62. The lowest BCUT2D eigenvalue weighted by molar-refractivity contribution is 0.0600. The van der Waals surface area contributed by atoms with Gasteiger partial charge in [0.15, 0.2) is 5.76 Å². The monoisotopic (exact) mass is 500 g/mol. The van der Waals surface area contributed by atoms with Crippen molar-refractivity contribution in [2.24, 2.45) is 0 Å². The van der Waals surface area contributed by atoms with Crippen molar-refractivity contribution in [3.63, 3.8) is 0 Å². The minimum Gasteiger partial charge on any atom is -0.507 e. The van der Waals surface area contributed by atoms with Gasteiger partial charge in [-0.1, -0.05) is 12.1 Å². The van der Waals surface area contributed by atoms with E-state index in [-0.39, 0.29) is 17.3 Å². The number of benzene rings is 3. The molecule has 0 bridgehead atoms. The molecule has 0 saturated carbocycles. The molecular formula is C29H28N2O6. The Bertz CT molecular complexity index is 1340. The third kappa shape index (κ3) is 5.01. The second-order valence-corrected chi connectivity index (χ2v) is 8.95. The first-order valence-corrected chi connectivity index (χ1v) is 12.1. The van der Waals surface area contributed by atoms with Gasteiger partial charge in [-0.25, -0.2) is 4.79 Å². The smallest absolute Gasteiger partial charge is 0.337 e. The fourth-order valence-electron chi connectivity index (χ4n) is 4.62. The number of carbonyl (C=O) groups excluding carboxylic acids is 2. The van der Waals surface area contributed by atoms with Crippen LogP contribution in [-0.2, 0) is 11.3 Å². The van der Waals surface area contributed by atoms with Crippen LogP contribution in [0.4, 0.5) is 5.69 Å². The number of nitrogens with zero attached hydrogens (tertiary/aromatic N) is 2. The first kappa shape index (κ1) is 24.4. The first-order chi connectivity index (χ1) is 18.0. The lowest BCUT2D eigenvalue weighted by Crippen LogP contribution is -2.46. The molecule has 190 valence electrons. The number of ether oxygens (including phenoxy) is 3. The lowest BCUT2D eigenvalue weighted by atomic mass is 10.0. The zero-order chi connectivity index (χ0) is 25.9. The van der Waals surface area contributed by atoms with Gasteiger partial charge in [0.1, 0.15) is 17.2 Å². The van der Waals surface area contributed by atoms with E-state index in [1.54, 1.807) is 49.6 Å². The number of phenolic OH excluding ortho intramolecular Hbond substituents is 1. The summed E-state index contributed by atoms with van der Waals surface area (Å²) in [5, 5.41) is 10.6. The second kappa shape index (κ2) is 10.4. The Labute approximate surface area is 215 Å². The molecule has 8 heteroatoms. The number of carbonyl (C=O) groups is 2. The number of anilines is 1. The van der Waals surface area contributed by atoms with Crippen molar-refractivity contribution in [3.8, 4) is 17.2 Å². The largest absolute Gasteiger partial charge is 0.507 e. The summed E-state index contributed by atoms with van der Waals surface area (Å²) in [7, 11) is 2.98. The molecule has 3 aromatic rings. The quantitative estimate of drug-likeness (QED) is 0.399. The number of aromatic hydroxyl groups is 1. The summed E-state index contributed by atoms with van der Waals surface area (Å²) in [5.74, 6) is 0.851. The molecule has 0 atom stereocenters. The van der Waals surface area contributed by atoms with E-state index in [2.05, 4.69) is 21.9 Å². The Morgan fingerprint density at radius 1 is 0.973 bits per heavy atom. The van der Waals surface area contributed by atoms with Gasteiger partial charge in [0.2, 0.25) is 5.78 Å². The topological polar surface area (TPSA) is 88.5 Å². The number of rotatable bonds is 6. The average Bonchev–Trinajstić information content (AvgIpc) is 3.25. The second-order valence-electron chi connectivity index (χ2n) is 8.95. The van der Waals surface area contributed by atoms with Gasteiger partial charge in [-0.15, -0.1) is 0 Å². The molecule has 37 heavy (non-hydrogen) atoms. The molecule has 5 rings (SSSR count). The lowest BCUT2D eigenvalue weighted by Gasteiger charge is -2.36. The molecule has 2 heterocycles. The molecule has 2 aliphatic rings. The molecule has 8 nitrogen and oxygen atoms in total. The van der Waals surface area contributed by atoms with Gasteiger partial charge < -0.3 is 24.2 Å². The molecule has 3 aromatic carbocycles. The minimum absolute atomic E-state index is 0.104. The fraction of sp³-hybridized carbons (Fsp3) is 0.241. The van der Waals surface area contributed by atoms with Crippen LogP contribution in [0, 0.1) is 0 Å². The Morgan fingerprint density at radius 2 is 1.68 bits per heavy atom. The maximum Gasteiger partial charge on any atom is 0.337 e. The van der Waals surface area contributed by atoms with Crippen molar-refractivity contribution in [1.29, 1.82) is 0 Å². The van der Waals surface area contributed by atoms with Crippen molar-refractivity contribution < 1.29 is 28.9 Å². The van der Waals surface area contributed by atoms with E-state index >= 15 is 0 Å². The van der Waals surface area contributed by atoms with Gasteiger partial charge in [0.05, 0.1) is 30.9 Å². The van der Waals surface area contributed by atoms with Crippen LogP contribution < -0.4 is 14.4 Å². The zero-order valence-electron chi connectivity index (χ0n) is 20.8. The van der Waals surface area contributed by atoms with E-state index in [1.165, 1.54) is 7.11 Å². The van der Waals surface area contributed by atoms with Gasteiger partial charge in [0.25, 0.3) is 0 Å². The molecule has 0 amide bonds. The Kier molecular flexibility index (Phi) is 6.83. The Balaban J connectivity index is 1.29. The number of hydrogen-bond acceptors (Lipinski definition) is 8. The summed E-state index contributed by atoms with van der Waals surface area (Å²) in [6, 6.07) is 17.9. The Hall–Kier alpha value is -4.30. The third-order valence-corrected chi connectivity index (χ3v) is 6.74. The van der Waals surface area contributed by atoms with Gasteiger partial charge in [-0.2, -0.15) is 0 Å². The molecule has 1 fully saturated rings. The number of Topliss-reactive ketones (excluding diaryl/α,β-unsaturated/α-hetero) is 1. The highest BCUT2D eigenvalue weighted by atomic mass is 16.5. The van der Waals surface area contributed by atoms with Crippen molar-refractivity contribution in [3.05, 3.63) is 88.7 Å². The number of fused-ring (bicyclic) bond motifs is 1. The van der Waals surface area contributed by atoms with E-state index < -0.39 is 5.97 Å². The summed E-state index contributed by atoms with van der Waals surface area (Å²) in [5.41, 5.74) is 3.32. The summed E-state index contributed by atoms with van der Waals surface area (Å²) < 4.78 is 16.0. The number of methoxy groups -OCH3 is 2. The standard InChI is InChI=1S/C29H28N2O6/c1-35-22-9-7-21(8-10-22)31-15-13-30(14-16-31)18-24-25(32)12-11-23-27(33)26(37-28(23)24)17-19-3-5-20(6-4-19)29(34)36-2/h3-12,17,32H,13-16,18H2,1-2H3/b26-17+. The van der Waals surface area contributed by atoms with Gasteiger partial charge in [0, 0.05) is 38.4 Å². The number of piperazine rings is 1. The SMILES string of the molecule is COC(=O)c1ccc(/C=C2/Oc3c(ccc(O)c3CN3CCN(c4ccc(OC)cc4)CC3)C2=O)cc1. The molecule has 1 saturated heterocycles.